The molecule has 0 amide bonds. The number of methoxy groups -OCH3 is 1. The van der Waals surface area contributed by atoms with Crippen molar-refractivity contribution >= 4 is 0 Å². The van der Waals surface area contributed by atoms with Crippen LogP contribution in [0.1, 0.15) is 13.8 Å². The monoisotopic (exact) mass is 138 g/mol. The van der Waals surface area contributed by atoms with Gasteiger partial charge in [0.15, 0.2) is 0 Å². The maximum atomic E-state index is 5.07. The smallest absolute Gasteiger partial charge is 0.124 e. The van der Waals surface area contributed by atoms with E-state index in [0.717, 1.165) is 16.9 Å². The van der Waals surface area contributed by atoms with Crippen LogP contribution in [0, 0.1) is 0 Å². The second-order valence-corrected chi connectivity index (χ2v) is 2.20. The third-order valence-electron chi connectivity index (χ3n) is 1.26. The van der Waals surface area contributed by atoms with Gasteiger partial charge in [0.2, 0.25) is 0 Å². The van der Waals surface area contributed by atoms with Crippen LogP contribution in [-0.4, -0.2) is 7.11 Å². The molecular formula is C9H14O. The third-order valence-corrected chi connectivity index (χ3v) is 1.26. The van der Waals surface area contributed by atoms with Crippen molar-refractivity contribution in [1.82, 2.24) is 0 Å². The van der Waals surface area contributed by atoms with E-state index in [1.165, 1.54) is 0 Å². The van der Waals surface area contributed by atoms with E-state index in [1.54, 1.807) is 13.2 Å². The van der Waals surface area contributed by atoms with Gasteiger partial charge in [-0.3, -0.25) is 0 Å². The fourth-order valence-electron chi connectivity index (χ4n) is 0.765. The summed E-state index contributed by atoms with van der Waals surface area (Å²) in [5.74, 6) is 0.829. The minimum atomic E-state index is 0.829. The van der Waals surface area contributed by atoms with Gasteiger partial charge in [0.1, 0.15) is 5.76 Å². The molecule has 0 atom stereocenters. The predicted octanol–water partition coefficient (Wildman–Crippen LogP) is 2.67. The largest absolute Gasteiger partial charge is 0.496 e. The second-order valence-electron chi connectivity index (χ2n) is 2.20. The van der Waals surface area contributed by atoms with Crippen molar-refractivity contribution in [2.45, 2.75) is 13.8 Å². The highest BCUT2D eigenvalue weighted by atomic mass is 16.5. The Bertz CT molecular complexity index is 175. The van der Waals surface area contributed by atoms with Crippen LogP contribution >= 0.6 is 0 Å². The molecule has 0 bridgehead atoms. The highest BCUT2D eigenvalue weighted by Gasteiger charge is 1.98. The summed E-state index contributed by atoms with van der Waals surface area (Å²) < 4.78 is 5.07. The molecule has 0 spiro atoms. The lowest BCUT2D eigenvalue weighted by atomic mass is 10.2. The van der Waals surface area contributed by atoms with E-state index in [-0.39, 0.29) is 0 Å². The SMILES string of the molecule is C=C/C(C)=C(/OC)C(=C)C. The Hall–Kier alpha value is -0.980. The van der Waals surface area contributed by atoms with Crippen molar-refractivity contribution in [2.24, 2.45) is 0 Å². The van der Waals surface area contributed by atoms with E-state index in [0.29, 0.717) is 0 Å². The molecule has 0 aliphatic carbocycles. The van der Waals surface area contributed by atoms with Gasteiger partial charge in [0.05, 0.1) is 7.11 Å². The van der Waals surface area contributed by atoms with Crippen LogP contribution < -0.4 is 0 Å². The minimum Gasteiger partial charge on any atom is -0.496 e. The quantitative estimate of drug-likeness (QED) is 0.430. The van der Waals surface area contributed by atoms with Crippen molar-refractivity contribution in [3.8, 4) is 0 Å². The molecule has 0 unspecified atom stereocenters. The molecule has 0 aromatic rings. The molecule has 1 nitrogen and oxygen atoms in total. The first-order chi connectivity index (χ1) is 4.63. The van der Waals surface area contributed by atoms with Crippen molar-refractivity contribution in [3.63, 3.8) is 0 Å². The van der Waals surface area contributed by atoms with Crippen molar-refractivity contribution < 1.29 is 4.74 Å². The Morgan fingerprint density at radius 3 is 2.00 bits per heavy atom. The maximum absolute atomic E-state index is 5.07. The molecule has 10 heavy (non-hydrogen) atoms. The summed E-state index contributed by atoms with van der Waals surface area (Å²) in [6.07, 6.45) is 1.76. The van der Waals surface area contributed by atoms with Gasteiger partial charge in [0.25, 0.3) is 0 Å². The molecule has 1 heteroatoms. The Kier molecular flexibility index (Phi) is 3.55. The van der Waals surface area contributed by atoms with E-state index in [1.807, 2.05) is 13.8 Å². The van der Waals surface area contributed by atoms with Gasteiger partial charge in [-0.1, -0.05) is 19.2 Å². The average Bonchev–Trinajstić information content (AvgIpc) is 1.88. The normalized spacial score (nSPS) is 11.9. The van der Waals surface area contributed by atoms with Crippen LogP contribution in [0.5, 0.6) is 0 Å². The Morgan fingerprint density at radius 1 is 1.40 bits per heavy atom. The summed E-state index contributed by atoms with van der Waals surface area (Å²) >= 11 is 0. The van der Waals surface area contributed by atoms with Crippen molar-refractivity contribution in [1.29, 1.82) is 0 Å². The van der Waals surface area contributed by atoms with E-state index in [4.69, 9.17) is 4.74 Å². The summed E-state index contributed by atoms with van der Waals surface area (Å²) in [6, 6.07) is 0. The highest BCUT2D eigenvalue weighted by molar-refractivity contribution is 5.30. The van der Waals surface area contributed by atoms with Crippen LogP contribution in [0.2, 0.25) is 0 Å². The number of hydrogen-bond donors (Lipinski definition) is 0. The van der Waals surface area contributed by atoms with E-state index in [2.05, 4.69) is 13.2 Å². The van der Waals surface area contributed by atoms with E-state index >= 15 is 0 Å². The first-order valence-electron chi connectivity index (χ1n) is 3.16. The fraction of sp³-hybridized carbons (Fsp3) is 0.333. The molecule has 0 rings (SSSR count). The molecule has 0 N–H and O–H groups in total. The van der Waals surface area contributed by atoms with Crippen LogP contribution in [-0.2, 0) is 4.74 Å². The van der Waals surface area contributed by atoms with Gasteiger partial charge in [0, 0.05) is 0 Å². The van der Waals surface area contributed by atoms with Gasteiger partial charge in [-0.15, -0.1) is 0 Å². The maximum Gasteiger partial charge on any atom is 0.124 e. The van der Waals surface area contributed by atoms with Crippen LogP contribution in [0.15, 0.2) is 36.1 Å². The first-order valence-corrected chi connectivity index (χ1v) is 3.16. The number of ether oxygens (including phenoxy) is 1. The highest BCUT2D eigenvalue weighted by Crippen LogP contribution is 2.13. The summed E-state index contributed by atoms with van der Waals surface area (Å²) in [5.41, 5.74) is 1.95. The van der Waals surface area contributed by atoms with E-state index < -0.39 is 0 Å². The van der Waals surface area contributed by atoms with Gasteiger partial charge in [-0.05, 0) is 25.0 Å². The molecule has 0 radical (unpaired) electrons. The van der Waals surface area contributed by atoms with Crippen LogP contribution in [0.4, 0.5) is 0 Å². The lowest BCUT2D eigenvalue weighted by Gasteiger charge is -2.06. The average molecular weight is 138 g/mol. The molecule has 0 saturated carbocycles. The zero-order valence-electron chi connectivity index (χ0n) is 6.90. The second kappa shape index (κ2) is 3.94. The first kappa shape index (κ1) is 9.02. The summed E-state index contributed by atoms with van der Waals surface area (Å²) in [5, 5.41) is 0. The van der Waals surface area contributed by atoms with Gasteiger partial charge in [-0.2, -0.15) is 0 Å². The third kappa shape index (κ3) is 2.09. The van der Waals surface area contributed by atoms with Crippen molar-refractivity contribution in [3.05, 3.63) is 36.1 Å². The Morgan fingerprint density at radius 2 is 1.90 bits per heavy atom. The summed E-state index contributed by atoms with van der Waals surface area (Å²) in [4.78, 5) is 0. The standard InChI is InChI=1S/C9H14O/c1-6-8(4)9(10-5)7(2)3/h6H,1-2H2,3-5H3/b9-8+. The molecule has 0 aliphatic heterocycles. The molecule has 56 valence electrons. The lowest BCUT2D eigenvalue weighted by molar-refractivity contribution is 0.298. The summed E-state index contributed by atoms with van der Waals surface area (Å²) in [7, 11) is 1.64. The number of allylic oxidation sites excluding steroid dienone is 3. The zero-order valence-corrected chi connectivity index (χ0v) is 6.90. The van der Waals surface area contributed by atoms with E-state index in [9.17, 15) is 0 Å². The Labute approximate surface area is 62.7 Å². The Balaban J connectivity index is 4.62. The lowest BCUT2D eigenvalue weighted by Crippen LogP contribution is -1.90. The molecule has 0 aromatic carbocycles. The molecular weight excluding hydrogens is 124 g/mol. The zero-order chi connectivity index (χ0) is 8.15. The van der Waals surface area contributed by atoms with Crippen LogP contribution in [0.25, 0.3) is 0 Å². The van der Waals surface area contributed by atoms with Gasteiger partial charge in [-0.25, -0.2) is 0 Å². The predicted molar refractivity (Wildman–Crippen MR) is 44.7 cm³/mol. The number of hydrogen-bond acceptors (Lipinski definition) is 1. The molecule has 0 heterocycles. The topological polar surface area (TPSA) is 9.23 Å². The van der Waals surface area contributed by atoms with Crippen LogP contribution in [0.3, 0.4) is 0 Å². The summed E-state index contributed by atoms with van der Waals surface area (Å²) in [6.45, 7) is 11.3. The van der Waals surface area contributed by atoms with Gasteiger partial charge < -0.3 is 4.74 Å². The van der Waals surface area contributed by atoms with Crippen molar-refractivity contribution in [2.75, 3.05) is 7.11 Å². The fourth-order valence-corrected chi connectivity index (χ4v) is 0.765. The number of rotatable bonds is 3. The molecule has 0 fully saturated rings. The van der Waals surface area contributed by atoms with Gasteiger partial charge >= 0.3 is 0 Å². The molecule has 0 saturated heterocycles. The molecule has 0 aliphatic rings. The molecule has 0 aromatic heterocycles. The minimum absolute atomic E-state index is 0.829.